The predicted octanol–water partition coefficient (Wildman–Crippen LogP) is 3.35. The summed E-state index contributed by atoms with van der Waals surface area (Å²) < 4.78 is 0. The van der Waals surface area contributed by atoms with Crippen molar-refractivity contribution >= 4 is 5.69 Å². The van der Waals surface area contributed by atoms with Gasteiger partial charge < -0.3 is 10.6 Å². The van der Waals surface area contributed by atoms with Gasteiger partial charge in [0.2, 0.25) is 0 Å². The molecule has 2 nitrogen and oxygen atoms in total. The molecule has 1 heterocycles. The first-order valence-corrected chi connectivity index (χ1v) is 7.40. The SMILES string of the molecule is CCCC1CCCCN1c1ccc(CCN)cc1. The van der Waals surface area contributed by atoms with Gasteiger partial charge in [-0.1, -0.05) is 25.5 Å². The maximum Gasteiger partial charge on any atom is 0.0368 e. The molecule has 2 rings (SSSR count). The van der Waals surface area contributed by atoms with Crippen LogP contribution in [0.25, 0.3) is 0 Å². The number of hydrogen-bond donors (Lipinski definition) is 1. The van der Waals surface area contributed by atoms with Crippen LogP contribution < -0.4 is 10.6 Å². The molecule has 0 saturated carbocycles. The molecular weight excluding hydrogens is 220 g/mol. The first-order chi connectivity index (χ1) is 8.85. The highest BCUT2D eigenvalue weighted by molar-refractivity contribution is 5.49. The maximum atomic E-state index is 5.59. The fourth-order valence-electron chi connectivity index (χ4n) is 2.99. The van der Waals surface area contributed by atoms with E-state index in [-0.39, 0.29) is 0 Å². The molecule has 1 aliphatic heterocycles. The van der Waals surface area contributed by atoms with Gasteiger partial charge in [0.05, 0.1) is 0 Å². The smallest absolute Gasteiger partial charge is 0.0368 e. The lowest BCUT2D eigenvalue weighted by molar-refractivity contribution is 0.435. The minimum absolute atomic E-state index is 0.738. The molecule has 2 N–H and O–H groups in total. The third-order valence-electron chi connectivity index (χ3n) is 3.95. The van der Waals surface area contributed by atoms with Crippen LogP contribution >= 0.6 is 0 Å². The number of rotatable bonds is 5. The predicted molar refractivity (Wildman–Crippen MR) is 79.1 cm³/mol. The van der Waals surface area contributed by atoms with E-state index in [0.717, 1.165) is 19.0 Å². The Kier molecular flexibility index (Phi) is 5.06. The highest BCUT2D eigenvalue weighted by Crippen LogP contribution is 2.27. The lowest BCUT2D eigenvalue weighted by atomic mass is 9.97. The lowest BCUT2D eigenvalue weighted by Crippen LogP contribution is -2.39. The van der Waals surface area contributed by atoms with Crippen LogP contribution in [0.3, 0.4) is 0 Å². The van der Waals surface area contributed by atoms with E-state index in [1.54, 1.807) is 0 Å². The Bertz CT molecular complexity index is 343. The summed E-state index contributed by atoms with van der Waals surface area (Å²) in [6.45, 7) is 4.25. The fraction of sp³-hybridized carbons (Fsp3) is 0.625. The number of nitrogens with zero attached hydrogens (tertiary/aromatic N) is 1. The van der Waals surface area contributed by atoms with Crippen LogP contribution in [0.5, 0.6) is 0 Å². The summed E-state index contributed by atoms with van der Waals surface area (Å²) >= 11 is 0. The maximum absolute atomic E-state index is 5.59. The standard InChI is InChI=1S/C16H26N2/c1-2-5-15-6-3-4-13-18(15)16-9-7-14(8-10-16)11-12-17/h7-10,15H,2-6,11-13,17H2,1H3. The van der Waals surface area contributed by atoms with Gasteiger partial charge in [-0.2, -0.15) is 0 Å². The van der Waals surface area contributed by atoms with Gasteiger partial charge in [0.15, 0.2) is 0 Å². The van der Waals surface area contributed by atoms with Crippen molar-refractivity contribution in [2.45, 2.75) is 51.5 Å². The molecule has 1 aromatic carbocycles. The minimum atomic E-state index is 0.738. The Hall–Kier alpha value is -1.02. The van der Waals surface area contributed by atoms with Gasteiger partial charge in [-0.05, 0) is 56.3 Å². The van der Waals surface area contributed by atoms with E-state index in [1.165, 1.54) is 49.9 Å². The molecule has 0 aliphatic carbocycles. The molecule has 0 bridgehead atoms. The van der Waals surface area contributed by atoms with Crippen molar-refractivity contribution < 1.29 is 0 Å². The Morgan fingerprint density at radius 3 is 2.67 bits per heavy atom. The van der Waals surface area contributed by atoms with Gasteiger partial charge >= 0.3 is 0 Å². The van der Waals surface area contributed by atoms with Crippen molar-refractivity contribution in [2.75, 3.05) is 18.0 Å². The Morgan fingerprint density at radius 1 is 1.22 bits per heavy atom. The molecule has 0 aromatic heterocycles. The highest BCUT2D eigenvalue weighted by atomic mass is 15.2. The first kappa shape index (κ1) is 13.4. The summed E-state index contributed by atoms with van der Waals surface area (Å²) in [7, 11) is 0. The van der Waals surface area contributed by atoms with Crippen LogP contribution in [0.4, 0.5) is 5.69 Å². The van der Waals surface area contributed by atoms with Gasteiger partial charge in [0, 0.05) is 18.3 Å². The molecule has 0 radical (unpaired) electrons. The molecular formula is C16H26N2. The molecule has 0 amide bonds. The van der Waals surface area contributed by atoms with E-state index in [1.807, 2.05) is 0 Å². The van der Waals surface area contributed by atoms with Gasteiger partial charge in [0.25, 0.3) is 0 Å². The zero-order chi connectivity index (χ0) is 12.8. The van der Waals surface area contributed by atoms with E-state index in [0.29, 0.717) is 0 Å². The third kappa shape index (κ3) is 3.26. The van der Waals surface area contributed by atoms with Crippen molar-refractivity contribution in [3.63, 3.8) is 0 Å². The van der Waals surface area contributed by atoms with Gasteiger partial charge in [0.1, 0.15) is 0 Å². The molecule has 1 saturated heterocycles. The number of nitrogens with two attached hydrogens (primary N) is 1. The second kappa shape index (κ2) is 6.79. The molecule has 1 unspecified atom stereocenters. The van der Waals surface area contributed by atoms with Crippen molar-refractivity contribution in [1.82, 2.24) is 0 Å². The van der Waals surface area contributed by atoms with Gasteiger partial charge in [-0.3, -0.25) is 0 Å². The van der Waals surface area contributed by atoms with Crippen LogP contribution in [-0.4, -0.2) is 19.1 Å². The largest absolute Gasteiger partial charge is 0.369 e. The quantitative estimate of drug-likeness (QED) is 0.863. The Balaban J connectivity index is 2.07. The third-order valence-corrected chi connectivity index (χ3v) is 3.95. The van der Waals surface area contributed by atoms with E-state index >= 15 is 0 Å². The molecule has 1 aromatic rings. The van der Waals surface area contributed by atoms with Gasteiger partial charge in [-0.15, -0.1) is 0 Å². The number of piperidine rings is 1. The van der Waals surface area contributed by atoms with Crippen molar-refractivity contribution in [3.8, 4) is 0 Å². The Labute approximate surface area is 111 Å². The summed E-state index contributed by atoms with van der Waals surface area (Å²) in [5.41, 5.74) is 8.34. The zero-order valence-corrected chi connectivity index (χ0v) is 11.6. The highest BCUT2D eigenvalue weighted by Gasteiger charge is 2.21. The summed E-state index contributed by atoms with van der Waals surface area (Å²) in [4.78, 5) is 2.61. The molecule has 0 spiro atoms. The molecule has 1 aliphatic rings. The Morgan fingerprint density at radius 2 is 2.00 bits per heavy atom. The summed E-state index contributed by atoms with van der Waals surface area (Å²) in [5.74, 6) is 0. The first-order valence-electron chi connectivity index (χ1n) is 7.40. The van der Waals surface area contributed by atoms with E-state index in [9.17, 15) is 0 Å². The normalized spacial score (nSPS) is 20.1. The van der Waals surface area contributed by atoms with Crippen molar-refractivity contribution in [1.29, 1.82) is 0 Å². The summed E-state index contributed by atoms with van der Waals surface area (Å²) in [5, 5.41) is 0. The van der Waals surface area contributed by atoms with E-state index < -0.39 is 0 Å². The van der Waals surface area contributed by atoms with Gasteiger partial charge in [-0.25, -0.2) is 0 Å². The van der Waals surface area contributed by atoms with Crippen LogP contribution in [0.1, 0.15) is 44.6 Å². The van der Waals surface area contributed by atoms with E-state index in [2.05, 4.69) is 36.1 Å². The summed E-state index contributed by atoms with van der Waals surface area (Å²) in [6.07, 6.45) is 7.69. The van der Waals surface area contributed by atoms with Crippen LogP contribution in [0.15, 0.2) is 24.3 Å². The van der Waals surface area contributed by atoms with Crippen LogP contribution in [0, 0.1) is 0 Å². The van der Waals surface area contributed by atoms with Crippen LogP contribution in [-0.2, 0) is 6.42 Å². The second-order valence-electron chi connectivity index (χ2n) is 5.34. The topological polar surface area (TPSA) is 29.3 Å². The second-order valence-corrected chi connectivity index (χ2v) is 5.34. The average molecular weight is 246 g/mol. The summed E-state index contributed by atoms with van der Waals surface area (Å²) in [6, 6.07) is 9.78. The number of anilines is 1. The van der Waals surface area contributed by atoms with Crippen molar-refractivity contribution in [3.05, 3.63) is 29.8 Å². The van der Waals surface area contributed by atoms with Crippen LogP contribution in [0.2, 0.25) is 0 Å². The molecule has 2 heteroatoms. The molecule has 18 heavy (non-hydrogen) atoms. The average Bonchev–Trinajstić information content (AvgIpc) is 2.41. The molecule has 1 atom stereocenters. The number of benzene rings is 1. The lowest BCUT2D eigenvalue weighted by Gasteiger charge is -2.37. The zero-order valence-electron chi connectivity index (χ0n) is 11.6. The number of hydrogen-bond acceptors (Lipinski definition) is 2. The van der Waals surface area contributed by atoms with Crippen molar-refractivity contribution in [2.24, 2.45) is 5.73 Å². The fourth-order valence-corrected chi connectivity index (χ4v) is 2.99. The van der Waals surface area contributed by atoms with E-state index in [4.69, 9.17) is 5.73 Å². The molecule has 1 fully saturated rings. The monoisotopic (exact) mass is 246 g/mol. The molecule has 100 valence electrons. The minimum Gasteiger partial charge on any atom is -0.369 e.